The monoisotopic (exact) mass is 473 g/mol. The second-order valence-corrected chi connectivity index (χ2v) is 7.14. The third-order valence-corrected chi connectivity index (χ3v) is 4.61. The molecular formula is C22H18F3N5O4. The van der Waals surface area contributed by atoms with Crippen molar-refractivity contribution in [2.24, 2.45) is 0 Å². The predicted molar refractivity (Wildman–Crippen MR) is 116 cm³/mol. The molecule has 0 saturated carbocycles. The van der Waals surface area contributed by atoms with Crippen molar-refractivity contribution in [3.8, 4) is 5.75 Å². The van der Waals surface area contributed by atoms with Gasteiger partial charge in [-0.15, -0.1) is 0 Å². The Hall–Kier alpha value is -4.35. The maximum absolute atomic E-state index is 14.3. The van der Waals surface area contributed by atoms with E-state index in [0.29, 0.717) is 5.69 Å². The number of rotatable bonds is 7. The molecular weight excluding hydrogens is 455 g/mol. The zero-order valence-electron chi connectivity index (χ0n) is 17.7. The fourth-order valence-corrected chi connectivity index (χ4v) is 2.96. The Morgan fingerprint density at radius 2 is 1.97 bits per heavy atom. The molecule has 1 aliphatic heterocycles. The number of benzene rings is 2. The molecule has 0 bridgehead atoms. The van der Waals surface area contributed by atoms with E-state index in [2.05, 4.69) is 25.3 Å². The highest BCUT2D eigenvalue weighted by atomic mass is 19.3. The van der Waals surface area contributed by atoms with Gasteiger partial charge >= 0.3 is 18.0 Å². The number of amides is 1. The average Bonchev–Trinajstić information content (AvgIpc) is 2.81. The third kappa shape index (κ3) is 5.17. The topological polar surface area (TPSA) is 114 Å². The fourth-order valence-electron chi connectivity index (χ4n) is 2.96. The van der Waals surface area contributed by atoms with Crippen LogP contribution in [0.5, 0.6) is 5.75 Å². The number of halogens is 3. The van der Waals surface area contributed by atoms with Gasteiger partial charge in [0.2, 0.25) is 5.95 Å². The van der Waals surface area contributed by atoms with Crippen molar-refractivity contribution in [1.29, 1.82) is 0 Å². The Balaban J connectivity index is 1.49. The number of hydrogen-bond acceptors (Lipinski definition) is 8. The van der Waals surface area contributed by atoms with Crippen LogP contribution in [0.3, 0.4) is 0 Å². The molecule has 34 heavy (non-hydrogen) atoms. The average molecular weight is 473 g/mol. The van der Waals surface area contributed by atoms with E-state index in [-0.39, 0.29) is 47.9 Å². The molecule has 0 atom stereocenters. The predicted octanol–water partition coefficient (Wildman–Crippen LogP) is 4.48. The van der Waals surface area contributed by atoms with E-state index in [0.717, 1.165) is 11.8 Å². The second kappa shape index (κ2) is 9.25. The van der Waals surface area contributed by atoms with E-state index < -0.39 is 17.8 Å². The first kappa shape index (κ1) is 22.8. The van der Waals surface area contributed by atoms with Crippen LogP contribution >= 0.6 is 0 Å². The summed E-state index contributed by atoms with van der Waals surface area (Å²) in [5, 5.41) is 7.69. The molecule has 2 aromatic carbocycles. The Morgan fingerprint density at radius 3 is 2.76 bits per heavy atom. The smallest absolute Gasteiger partial charge is 0.461 e. The van der Waals surface area contributed by atoms with Crippen molar-refractivity contribution in [1.82, 2.24) is 9.97 Å². The summed E-state index contributed by atoms with van der Waals surface area (Å²) in [6.45, 7) is 1.80. The number of fused-ring (bicyclic) bond motifs is 1. The van der Waals surface area contributed by atoms with Gasteiger partial charge in [-0.05, 0) is 35.9 Å². The van der Waals surface area contributed by atoms with Gasteiger partial charge in [0, 0.05) is 17.8 Å². The molecule has 3 aromatic rings. The number of esters is 1. The van der Waals surface area contributed by atoms with Gasteiger partial charge in [0.25, 0.3) is 0 Å². The van der Waals surface area contributed by atoms with Crippen LogP contribution in [0, 0.1) is 5.82 Å². The number of carbonyl (C=O) groups excluding carboxylic acids is 2. The molecule has 1 aliphatic rings. The first-order valence-electron chi connectivity index (χ1n) is 10.1. The summed E-state index contributed by atoms with van der Waals surface area (Å²) in [5.74, 6) is -3.05. The zero-order valence-corrected chi connectivity index (χ0v) is 17.7. The van der Waals surface area contributed by atoms with E-state index in [1.165, 1.54) is 18.2 Å². The molecule has 4 rings (SSSR count). The minimum atomic E-state index is -3.98. The van der Waals surface area contributed by atoms with E-state index in [4.69, 9.17) is 4.74 Å². The molecule has 0 radical (unpaired) electrons. The Bertz CT molecular complexity index is 1250. The van der Waals surface area contributed by atoms with Crippen LogP contribution in [0.25, 0.3) is 0 Å². The highest BCUT2D eigenvalue weighted by molar-refractivity contribution is 5.99. The third-order valence-electron chi connectivity index (χ3n) is 4.61. The van der Waals surface area contributed by atoms with Gasteiger partial charge in [-0.2, -0.15) is 13.8 Å². The Morgan fingerprint density at radius 1 is 1.18 bits per heavy atom. The van der Waals surface area contributed by atoms with Crippen molar-refractivity contribution >= 4 is 40.7 Å². The summed E-state index contributed by atoms with van der Waals surface area (Å²) in [6, 6.07) is 10.9. The second-order valence-electron chi connectivity index (χ2n) is 7.14. The molecule has 1 aromatic heterocycles. The SMILES string of the molecule is CCC(=O)OCc1cccc(Nc2ncc(F)c(Nc3ccc4c(c3)NC(=O)C(F)(F)O4)n2)c1. The van der Waals surface area contributed by atoms with Gasteiger partial charge < -0.3 is 25.4 Å². The van der Waals surface area contributed by atoms with Gasteiger partial charge in [-0.3, -0.25) is 9.59 Å². The molecule has 0 fully saturated rings. The lowest BCUT2D eigenvalue weighted by Gasteiger charge is -2.25. The van der Waals surface area contributed by atoms with Crippen molar-refractivity contribution in [3.05, 3.63) is 60.0 Å². The molecule has 0 unspecified atom stereocenters. The molecule has 1 amide bonds. The normalized spacial score (nSPS) is 13.8. The first-order chi connectivity index (χ1) is 16.2. The number of aromatic nitrogens is 2. The standard InChI is InChI=1S/C22H18F3N5O4/c1-2-18(31)33-11-12-4-3-5-13(8-12)28-21-26-10-15(23)19(30-21)27-14-6-7-17-16(9-14)29-20(32)22(24,25)34-17/h3-10H,2,11H2,1H3,(H,29,32)(H2,26,27,28,30). The largest absolute Gasteiger partial charge is 0.482 e. The lowest BCUT2D eigenvalue weighted by atomic mass is 10.2. The first-order valence-corrected chi connectivity index (χ1v) is 10.1. The Kier molecular flexibility index (Phi) is 6.21. The number of carbonyl (C=O) groups is 2. The van der Waals surface area contributed by atoms with Crippen LogP contribution in [0.2, 0.25) is 0 Å². The lowest BCUT2D eigenvalue weighted by molar-refractivity contribution is -0.189. The van der Waals surface area contributed by atoms with Crippen LogP contribution < -0.4 is 20.7 Å². The lowest BCUT2D eigenvalue weighted by Crippen LogP contribution is -2.43. The van der Waals surface area contributed by atoms with E-state index in [1.54, 1.807) is 31.2 Å². The van der Waals surface area contributed by atoms with Crippen LogP contribution in [0.4, 0.5) is 42.0 Å². The molecule has 0 saturated heterocycles. The van der Waals surface area contributed by atoms with Crippen molar-refractivity contribution in [3.63, 3.8) is 0 Å². The minimum absolute atomic E-state index is 0.00525. The van der Waals surface area contributed by atoms with Gasteiger partial charge in [0.1, 0.15) is 6.61 Å². The number of ether oxygens (including phenoxy) is 2. The van der Waals surface area contributed by atoms with Gasteiger partial charge in [-0.1, -0.05) is 19.1 Å². The summed E-state index contributed by atoms with van der Waals surface area (Å²) < 4.78 is 50.6. The van der Waals surface area contributed by atoms with Crippen molar-refractivity contribution in [2.45, 2.75) is 26.1 Å². The highest BCUT2D eigenvalue weighted by Crippen LogP contribution is 2.37. The van der Waals surface area contributed by atoms with Crippen LogP contribution in [-0.2, 0) is 20.9 Å². The number of anilines is 5. The summed E-state index contributed by atoms with van der Waals surface area (Å²) in [4.78, 5) is 30.8. The van der Waals surface area contributed by atoms with Gasteiger partial charge in [0.05, 0.1) is 11.9 Å². The van der Waals surface area contributed by atoms with Crippen molar-refractivity contribution < 1.29 is 32.2 Å². The fraction of sp³-hybridized carbons (Fsp3) is 0.182. The number of nitrogens with zero attached hydrogens (tertiary/aromatic N) is 2. The van der Waals surface area contributed by atoms with Crippen molar-refractivity contribution in [2.75, 3.05) is 16.0 Å². The van der Waals surface area contributed by atoms with E-state index in [1.807, 2.05) is 5.32 Å². The molecule has 2 heterocycles. The number of nitrogens with one attached hydrogen (secondary N) is 3. The van der Waals surface area contributed by atoms with Crippen LogP contribution in [0.1, 0.15) is 18.9 Å². The number of alkyl halides is 2. The summed E-state index contributed by atoms with van der Waals surface area (Å²) >= 11 is 0. The molecule has 0 aliphatic carbocycles. The highest BCUT2D eigenvalue weighted by Gasteiger charge is 2.46. The summed E-state index contributed by atoms with van der Waals surface area (Å²) in [7, 11) is 0. The summed E-state index contributed by atoms with van der Waals surface area (Å²) in [5.41, 5.74) is 1.57. The molecule has 12 heteroatoms. The molecule has 3 N–H and O–H groups in total. The Labute approximate surface area is 191 Å². The summed E-state index contributed by atoms with van der Waals surface area (Å²) in [6.07, 6.45) is -2.75. The zero-order chi connectivity index (χ0) is 24.3. The molecule has 176 valence electrons. The van der Waals surface area contributed by atoms with Gasteiger partial charge in [-0.25, -0.2) is 9.37 Å². The van der Waals surface area contributed by atoms with Gasteiger partial charge in [0.15, 0.2) is 17.4 Å². The quantitative estimate of drug-likeness (QED) is 0.431. The minimum Gasteiger partial charge on any atom is -0.461 e. The van der Waals surface area contributed by atoms with Crippen LogP contribution in [0.15, 0.2) is 48.7 Å². The van der Waals surface area contributed by atoms with Crippen LogP contribution in [-0.4, -0.2) is 28.0 Å². The van der Waals surface area contributed by atoms with E-state index >= 15 is 0 Å². The molecule has 0 spiro atoms. The molecule has 9 nitrogen and oxygen atoms in total. The van der Waals surface area contributed by atoms with E-state index in [9.17, 15) is 22.8 Å². The maximum Gasteiger partial charge on any atom is 0.482 e. The number of hydrogen-bond donors (Lipinski definition) is 3. The maximum atomic E-state index is 14.3.